The van der Waals surface area contributed by atoms with Crippen molar-refractivity contribution in [3.8, 4) is 17.2 Å². The first kappa shape index (κ1) is 26.1. The summed E-state index contributed by atoms with van der Waals surface area (Å²) in [5.74, 6) is 1.19. The molecule has 1 aliphatic heterocycles. The first-order valence-corrected chi connectivity index (χ1v) is 12.5. The molecule has 8 nitrogen and oxygen atoms in total. The number of methoxy groups -OCH3 is 3. The summed E-state index contributed by atoms with van der Waals surface area (Å²) in [7, 11) is 4.65. The number of anilines is 2. The Kier molecular flexibility index (Phi) is 8.37. The van der Waals surface area contributed by atoms with E-state index in [9.17, 15) is 9.59 Å². The highest BCUT2D eigenvalue weighted by Gasteiger charge is 2.33. The van der Waals surface area contributed by atoms with Gasteiger partial charge in [0.25, 0.3) is 5.91 Å². The maximum atomic E-state index is 13.5. The molecule has 0 aromatic heterocycles. The van der Waals surface area contributed by atoms with Crippen molar-refractivity contribution in [1.29, 1.82) is 0 Å². The van der Waals surface area contributed by atoms with Gasteiger partial charge in [0.1, 0.15) is 22.9 Å². The van der Waals surface area contributed by atoms with Gasteiger partial charge >= 0.3 is 0 Å². The Labute approximate surface area is 223 Å². The van der Waals surface area contributed by atoms with E-state index in [0.717, 1.165) is 17.3 Å². The van der Waals surface area contributed by atoms with Crippen molar-refractivity contribution >= 4 is 57.8 Å². The van der Waals surface area contributed by atoms with Gasteiger partial charge in [0.15, 0.2) is 5.17 Å². The number of halogens is 1. The van der Waals surface area contributed by atoms with E-state index in [0.29, 0.717) is 38.8 Å². The van der Waals surface area contributed by atoms with Gasteiger partial charge in [-0.2, -0.15) is 0 Å². The highest BCUT2D eigenvalue weighted by atomic mass is 35.5. The monoisotopic (exact) mass is 537 g/mol. The predicted molar refractivity (Wildman–Crippen MR) is 148 cm³/mol. The number of nitrogens with one attached hydrogen (secondary N) is 1. The van der Waals surface area contributed by atoms with Gasteiger partial charge in [0, 0.05) is 17.8 Å². The van der Waals surface area contributed by atoms with Crippen molar-refractivity contribution in [2.45, 2.75) is 0 Å². The number of nitrogens with zero attached hydrogens (tertiary/aromatic N) is 2. The average molecular weight is 538 g/mol. The molecule has 1 aliphatic rings. The summed E-state index contributed by atoms with van der Waals surface area (Å²) in [6, 6.07) is 19.3. The summed E-state index contributed by atoms with van der Waals surface area (Å²) >= 11 is 7.33. The quantitative estimate of drug-likeness (QED) is 0.383. The van der Waals surface area contributed by atoms with E-state index < -0.39 is 0 Å². The summed E-state index contributed by atoms with van der Waals surface area (Å²) in [5.41, 5.74) is 2.14. The first-order chi connectivity index (χ1) is 17.9. The van der Waals surface area contributed by atoms with Gasteiger partial charge < -0.3 is 19.5 Å². The third-order valence-corrected chi connectivity index (χ3v) is 6.58. The molecule has 1 N–H and O–H groups in total. The maximum Gasteiger partial charge on any atom is 0.283 e. The predicted octanol–water partition coefficient (Wildman–Crippen LogP) is 5.48. The number of ether oxygens (including phenoxy) is 3. The van der Waals surface area contributed by atoms with E-state index in [1.54, 1.807) is 74.9 Å². The van der Waals surface area contributed by atoms with Crippen LogP contribution in [-0.4, -0.2) is 44.1 Å². The molecule has 0 unspecified atom stereocenters. The molecular weight excluding hydrogens is 514 g/mol. The molecule has 3 aromatic rings. The topological polar surface area (TPSA) is 89.5 Å². The van der Waals surface area contributed by atoms with Crippen LogP contribution in [0.3, 0.4) is 0 Å². The smallest absolute Gasteiger partial charge is 0.283 e. The minimum atomic E-state index is -0.337. The molecule has 3 aromatic carbocycles. The fourth-order valence-electron chi connectivity index (χ4n) is 3.49. The highest BCUT2D eigenvalue weighted by Crippen LogP contribution is 2.34. The van der Waals surface area contributed by atoms with Crippen LogP contribution in [0.1, 0.15) is 5.56 Å². The zero-order valence-electron chi connectivity index (χ0n) is 20.4. The summed E-state index contributed by atoms with van der Waals surface area (Å²) < 4.78 is 15.7. The Bertz CT molecular complexity index is 1370. The first-order valence-electron chi connectivity index (χ1n) is 11.1. The number of thioether (sulfide) groups is 1. The molecule has 10 heteroatoms. The second kappa shape index (κ2) is 11.9. The Hall–Kier alpha value is -3.95. The number of benzene rings is 3. The Balaban J connectivity index is 1.59. The van der Waals surface area contributed by atoms with Gasteiger partial charge in [0.05, 0.1) is 37.8 Å². The molecule has 0 fully saturated rings. The van der Waals surface area contributed by atoms with Crippen molar-refractivity contribution in [2.24, 2.45) is 4.99 Å². The molecule has 0 saturated heterocycles. The summed E-state index contributed by atoms with van der Waals surface area (Å²) in [5, 5.41) is 3.60. The Morgan fingerprint density at radius 2 is 1.76 bits per heavy atom. The molecule has 2 amide bonds. The standard InChI is InChI=1S/C27H24ClN3O5S/c1-34-20-10-7-17(8-11-20)13-23-26(33)31(19-9-12-22(28)24(15-19)36-3)27(30-23)37-16-25(32)29-18-5-4-6-21(14-18)35-2/h4-15H,16H2,1-3H3,(H,29,32). The summed E-state index contributed by atoms with van der Waals surface area (Å²) in [6.45, 7) is 0. The van der Waals surface area contributed by atoms with Crippen LogP contribution >= 0.6 is 23.4 Å². The third-order valence-electron chi connectivity index (χ3n) is 5.33. The Morgan fingerprint density at radius 1 is 1.00 bits per heavy atom. The molecule has 0 atom stereocenters. The van der Waals surface area contributed by atoms with Crippen LogP contribution in [0.4, 0.5) is 11.4 Å². The molecule has 1 heterocycles. The van der Waals surface area contributed by atoms with Crippen LogP contribution in [-0.2, 0) is 9.59 Å². The number of hydrogen-bond donors (Lipinski definition) is 1. The number of carbonyl (C=O) groups is 2. The SMILES string of the molecule is COc1ccc(C=C2N=C(SCC(=O)Nc3cccc(OC)c3)N(c3ccc(Cl)c(OC)c3)C2=O)cc1. The fourth-order valence-corrected chi connectivity index (χ4v) is 4.50. The second-order valence-electron chi connectivity index (χ2n) is 7.73. The summed E-state index contributed by atoms with van der Waals surface area (Å²) in [6.07, 6.45) is 1.69. The van der Waals surface area contributed by atoms with Crippen LogP contribution < -0.4 is 24.4 Å². The largest absolute Gasteiger partial charge is 0.497 e. The number of carbonyl (C=O) groups excluding carboxylic acids is 2. The Morgan fingerprint density at radius 3 is 2.46 bits per heavy atom. The normalized spacial score (nSPS) is 13.9. The van der Waals surface area contributed by atoms with Crippen LogP contribution in [0.15, 0.2) is 77.4 Å². The van der Waals surface area contributed by atoms with Gasteiger partial charge in [0.2, 0.25) is 5.91 Å². The molecule has 0 spiro atoms. The van der Waals surface area contributed by atoms with Crippen molar-refractivity contribution in [1.82, 2.24) is 0 Å². The van der Waals surface area contributed by atoms with Crippen molar-refractivity contribution < 1.29 is 23.8 Å². The molecule has 4 rings (SSSR count). The molecular formula is C27H24ClN3O5S. The molecule has 0 aliphatic carbocycles. The summed E-state index contributed by atoms with van der Waals surface area (Å²) in [4.78, 5) is 32.1. The van der Waals surface area contributed by atoms with Gasteiger partial charge in [-0.05, 0) is 48.0 Å². The minimum Gasteiger partial charge on any atom is -0.497 e. The van der Waals surface area contributed by atoms with Crippen molar-refractivity contribution in [3.63, 3.8) is 0 Å². The van der Waals surface area contributed by atoms with Crippen LogP contribution in [0.25, 0.3) is 6.08 Å². The lowest BCUT2D eigenvalue weighted by molar-refractivity contribution is -0.114. The van der Waals surface area contributed by atoms with Crippen LogP contribution in [0, 0.1) is 0 Å². The number of amidine groups is 1. The van der Waals surface area contributed by atoms with Crippen molar-refractivity contribution in [3.05, 3.63) is 83.0 Å². The minimum absolute atomic E-state index is 0.0281. The van der Waals surface area contributed by atoms with Crippen LogP contribution in [0.5, 0.6) is 17.2 Å². The van der Waals surface area contributed by atoms with E-state index in [1.165, 1.54) is 12.0 Å². The number of amides is 2. The highest BCUT2D eigenvalue weighted by molar-refractivity contribution is 8.14. The lowest BCUT2D eigenvalue weighted by atomic mass is 10.2. The molecule has 0 saturated carbocycles. The van der Waals surface area contributed by atoms with Gasteiger partial charge in [-0.25, -0.2) is 4.99 Å². The maximum absolute atomic E-state index is 13.5. The van der Waals surface area contributed by atoms with E-state index in [4.69, 9.17) is 25.8 Å². The van der Waals surface area contributed by atoms with E-state index in [1.807, 2.05) is 12.1 Å². The lowest BCUT2D eigenvalue weighted by Gasteiger charge is -2.19. The van der Waals surface area contributed by atoms with Gasteiger partial charge in [-0.3, -0.25) is 14.5 Å². The number of rotatable bonds is 8. The van der Waals surface area contributed by atoms with E-state index in [2.05, 4.69) is 10.3 Å². The fraction of sp³-hybridized carbons (Fsp3) is 0.148. The van der Waals surface area contributed by atoms with E-state index in [-0.39, 0.29) is 23.3 Å². The molecule has 190 valence electrons. The zero-order chi connectivity index (χ0) is 26.4. The third kappa shape index (κ3) is 6.25. The van der Waals surface area contributed by atoms with Crippen LogP contribution in [0.2, 0.25) is 5.02 Å². The average Bonchev–Trinajstić information content (AvgIpc) is 3.22. The van der Waals surface area contributed by atoms with Crippen molar-refractivity contribution in [2.75, 3.05) is 37.3 Å². The van der Waals surface area contributed by atoms with E-state index >= 15 is 0 Å². The number of hydrogen-bond acceptors (Lipinski definition) is 7. The molecule has 37 heavy (non-hydrogen) atoms. The molecule has 0 bridgehead atoms. The molecule has 0 radical (unpaired) electrons. The van der Waals surface area contributed by atoms with Gasteiger partial charge in [-0.1, -0.05) is 41.6 Å². The zero-order valence-corrected chi connectivity index (χ0v) is 21.9. The number of aliphatic imine (C=N–C) groups is 1. The second-order valence-corrected chi connectivity index (χ2v) is 9.08. The van der Waals surface area contributed by atoms with Gasteiger partial charge in [-0.15, -0.1) is 0 Å². The lowest BCUT2D eigenvalue weighted by Crippen LogP contribution is -2.31.